The third-order valence-electron chi connectivity index (χ3n) is 5.23. The van der Waals surface area contributed by atoms with Gasteiger partial charge in [-0.15, -0.1) is 0 Å². The summed E-state index contributed by atoms with van der Waals surface area (Å²) in [6, 6.07) is 7.54. The summed E-state index contributed by atoms with van der Waals surface area (Å²) in [4.78, 5) is 37.8. The van der Waals surface area contributed by atoms with E-state index in [1.165, 1.54) is 0 Å². The van der Waals surface area contributed by atoms with Gasteiger partial charge in [-0.3, -0.25) is 9.59 Å². The van der Waals surface area contributed by atoms with E-state index in [0.29, 0.717) is 16.9 Å². The van der Waals surface area contributed by atoms with Crippen LogP contribution in [-0.2, 0) is 16.1 Å². The molecule has 0 aliphatic carbocycles. The largest absolute Gasteiger partial charge is 0.497 e. The van der Waals surface area contributed by atoms with E-state index in [9.17, 15) is 14.4 Å². The van der Waals surface area contributed by atoms with Crippen molar-refractivity contribution in [3.05, 3.63) is 52.8 Å². The van der Waals surface area contributed by atoms with Crippen LogP contribution in [0.5, 0.6) is 5.75 Å². The third-order valence-corrected chi connectivity index (χ3v) is 5.23. The van der Waals surface area contributed by atoms with Crippen LogP contribution in [0.2, 0.25) is 0 Å². The predicted octanol–water partition coefficient (Wildman–Crippen LogP) is 3.70. The van der Waals surface area contributed by atoms with Crippen LogP contribution in [0.1, 0.15) is 59.3 Å². The summed E-state index contributed by atoms with van der Waals surface area (Å²) in [7, 11) is 1.54. The SMILES string of the molecule is CCCn1c(C)cc(C(=O)COC(=O)[C@@H](NC(=O)c2ccc(OC)cc2)C(C)C)c1C. The minimum absolute atomic E-state index is 0.209. The number of nitrogens with zero attached hydrogens (tertiary/aromatic N) is 1. The molecule has 31 heavy (non-hydrogen) atoms. The van der Waals surface area contributed by atoms with Gasteiger partial charge in [0, 0.05) is 29.1 Å². The molecule has 1 aromatic carbocycles. The second-order valence-electron chi connectivity index (χ2n) is 7.89. The highest BCUT2D eigenvalue weighted by Gasteiger charge is 2.27. The molecule has 2 aromatic rings. The number of Topliss-reactive ketones (excluding diaryl/α,β-unsaturated/α-hetero) is 1. The number of hydrogen-bond acceptors (Lipinski definition) is 5. The average molecular weight is 429 g/mol. The predicted molar refractivity (Wildman–Crippen MR) is 119 cm³/mol. The molecule has 0 fully saturated rings. The summed E-state index contributed by atoms with van der Waals surface area (Å²) >= 11 is 0. The van der Waals surface area contributed by atoms with Gasteiger partial charge in [-0.1, -0.05) is 20.8 Å². The molecule has 1 heterocycles. The quantitative estimate of drug-likeness (QED) is 0.461. The molecule has 0 saturated carbocycles. The molecule has 0 saturated heterocycles. The molecule has 0 unspecified atom stereocenters. The van der Waals surface area contributed by atoms with Crippen LogP contribution in [0.4, 0.5) is 0 Å². The monoisotopic (exact) mass is 428 g/mol. The van der Waals surface area contributed by atoms with Crippen LogP contribution < -0.4 is 10.1 Å². The topological polar surface area (TPSA) is 86.6 Å². The van der Waals surface area contributed by atoms with Gasteiger partial charge in [0.2, 0.25) is 5.78 Å². The van der Waals surface area contributed by atoms with Gasteiger partial charge >= 0.3 is 5.97 Å². The van der Waals surface area contributed by atoms with Gasteiger partial charge in [0.1, 0.15) is 11.8 Å². The number of aromatic nitrogens is 1. The van der Waals surface area contributed by atoms with E-state index in [-0.39, 0.29) is 18.3 Å². The maximum atomic E-state index is 12.6. The van der Waals surface area contributed by atoms with Gasteiger partial charge in [0.15, 0.2) is 6.61 Å². The highest BCUT2D eigenvalue weighted by Crippen LogP contribution is 2.17. The zero-order valence-corrected chi connectivity index (χ0v) is 19.2. The first kappa shape index (κ1) is 24.2. The lowest BCUT2D eigenvalue weighted by Crippen LogP contribution is -2.45. The van der Waals surface area contributed by atoms with Gasteiger partial charge in [-0.2, -0.15) is 0 Å². The van der Waals surface area contributed by atoms with Crippen LogP contribution >= 0.6 is 0 Å². The average Bonchev–Trinajstić information content (AvgIpc) is 3.04. The molecule has 0 aliphatic rings. The Morgan fingerprint density at radius 1 is 1.10 bits per heavy atom. The summed E-state index contributed by atoms with van der Waals surface area (Å²) in [6.07, 6.45) is 0.961. The van der Waals surface area contributed by atoms with Crippen LogP contribution in [0, 0.1) is 19.8 Å². The fourth-order valence-electron chi connectivity index (χ4n) is 3.42. The molecule has 0 bridgehead atoms. The molecule has 1 atom stereocenters. The first-order valence-corrected chi connectivity index (χ1v) is 10.5. The Morgan fingerprint density at radius 2 is 1.74 bits per heavy atom. The van der Waals surface area contributed by atoms with Gasteiger partial charge in [0.05, 0.1) is 7.11 Å². The first-order valence-electron chi connectivity index (χ1n) is 10.5. The molecule has 1 amide bonds. The fraction of sp³-hybridized carbons (Fsp3) is 0.458. The fourth-order valence-corrected chi connectivity index (χ4v) is 3.42. The molecule has 7 heteroatoms. The van der Waals surface area contributed by atoms with Crippen molar-refractivity contribution in [1.82, 2.24) is 9.88 Å². The third kappa shape index (κ3) is 5.96. The van der Waals surface area contributed by atoms with Crippen molar-refractivity contribution >= 4 is 17.7 Å². The van der Waals surface area contributed by atoms with Crippen molar-refractivity contribution in [2.24, 2.45) is 5.92 Å². The summed E-state index contributed by atoms with van der Waals surface area (Å²) in [5, 5.41) is 2.71. The van der Waals surface area contributed by atoms with Gasteiger partial charge in [-0.05, 0) is 56.5 Å². The van der Waals surface area contributed by atoms with Crippen molar-refractivity contribution in [3.63, 3.8) is 0 Å². The maximum absolute atomic E-state index is 12.6. The Labute approximate surface area is 183 Å². The van der Waals surface area contributed by atoms with Gasteiger partial charge in [0.25, 0.3) is 5.91 Å². The number of rotatable bonds is 10. The van der Waals surface area contributed by atoms with Gasteiger partial charge in [-0.25, -0.2) is 4.79 Å². The van der Waals surface area contributed by atoms with E-state index in [2.05, 4.69) is 16.8 Å². The number of esters is 1. The number of carbonyl (C=O) groups excluding carboxylic acids is 3. The zero-order chi connectivity index (χ0) is 23.1. The van der Waals surface area contributed by atoms with Crippen LogP contribution in [-0.4, -0.2) is 42.0 Å². The molecule has 7 nitrogen and oxygen atoms in total. The van der Waals surface area contributed by atoms with Crippen molar-refractivity contribution < 1.29 is 23.9 Å². The molecule has 0 aliphatic heterocycles. The highest BCUT2D eigenvalue weighted by molar-refractivity contribution is 6.00. The Morgan fingerprint density at radius 3 is 2.29 bits per heavy atom. The van der Waals surface area contributed by atoms with Crippen molar-refractivity contribution in [1.29, 1.82) is 0 Å². The molecule has 0 spiro atoms. The Kier molecular flexibility index (Phi) is 8.42. The van der Waals surface area contributed by atoms with Crippen LogP contribution in [0.3, 0.4) is 0 Å². The number of benzene rings is 1. The number of aryl methyl sites for hydroxylation is 1. The molecule has 168 valence electrons. The van der Waals surface area contributed by atoms with E-state index >= 15 is 0 Å². The van der Waals surface area contributed by atoms with Crippen LogP contribution in [0.15, 0.2) is 30.3 Å². The molecule has 0 radical (unpaired) electrons. The zero-order valence-electron chi connectivity index (χ0n) is 19.2. The number of methoxy groups -OCH3 is 1. The number of hydrogen-bond donors (Lipinski definition) is 1. The lowest BCUT2D eigenvalue weighted by Gasteiger charge is -2.20. The van der Waals surface area contributed by atoms with E-state index in [1.807, 2.05) is 19.9 Å². The number of ether oxygens (including phenoxy) is 2. The molecule has 2 rings (SSSR count). The lowest BCUT2D eigenvalue weighted by molar-refractivity contribution is -0.145. The smallest absolute Gasteiger partial charge is 0.329 e. The summed E-state index contributed by atoms with van der Waals surface area (Å²) in [5.41, 5.74) is 2.83. The number of amides is 1. The van der Waals surface area contributed by atoms with E-state index < -0.39 is 17.9 Å². The van der Waals surface area contributed by atoms with Crippen molar-refractivity contribution in [2.75, 3.05) is 13.7 Å². The van der Waals surface area contributed by atoms with Gasteiger partial charge < -0.3 is 19.4 Å². The minimum Gasteiger partial charge on any atom is -0.497 e. The van der Waals surface area contributed by atoms with E-state index in [1.54, 1.807) is 45.2 Å². The molecule has 1 N–H and O–H groups in total. The Bertz CT molecular complexity index is 928. The van der Waals surface area contributed by atoms with E-state index in [4.69, 9.17) is 9.47 Å². The molecule has 1 aromatic heterocycles. The highest BCUT2D eigenvalue weighted by atomic mass is 16.5. The molecular weight excluding hydrogens is 396 g/mol. The number of carbonyl (C=O) groups is 3. The Balaban J connectivity index is 2.03. The van der Waals surface area contributed by atoms with Crippen molar-refractivity contribution in [3.8, 4) is 5.75 Å². The summed E-state index contributed by atoms with van der Waals surface area (Å²) in [6.45, 7) is 10.0. The maximum Gasteiger partial charge on any atom is 0.329 e. The minimum atomic E-state index is -0.866. The van der Waals surface area contributed by atoms with Crippen molar-refractivity contribution in [2.45, 2.75) is 53.6 Å². The number of ketones is 1. The summed E-state index contributed by atoms with van der Waals surface area (Å²) in [5.74, 6) is -0.860. The lowest BCUT2D eigenvalue weighted by atomic mass is 10.0. The van der Waals surface area contributed by atoms with Crippen LogP contribution in [0.25, 0.3) is 0 Å². The Hall–Kier alpha value is -3.09. The summed E-state index contributed by atoms with van der Waals surface area (Å²) < 4.78 is 12.5. The van der Waals surface area contributed by atoms with E-state index in [0.717, 1.165) is 24.4 Å². The first-order chi connectivity index (χ1) is 14.7. The standard InChI is InChI=1S/C24H32N2O5/c1-7-12-26-16(4)13-20(17(26)5)21(27)14-31-24(29)22(15(2)3)25-23(28)18-8-10-19(30-6)11-9-18/h8-11,13,15,22H,7,12,14H2,1-6H3,(H,25,28)/t22-/m0/s1. The second-order valence-corrected chi connectivity index (χ2v) is 7.89. The molecular formula is C24H32N2O5. The number of nitrogens with one attached hydrogen (secondary N) is 1. The normalized spacial score (nSPS) is 11.8. The second kappa shape index (κ2) is 10.8.